The van der Waals surface area contributed by atoms with Crippen molar-refractivity contribution in [1.29, 1.82) is 0 Å². The fraction of sp³-hybridized carbons (Fsp3) is 0.696. The number of ether oxygens (including phenoxy) is 4. The van der Waals surface area contributed by atoms with Crippen LogP contribution < -0.4 is 4.74 Å². The van der Waals surface area contributed by atoms with Crippen molar-refractivity contribution in [3.63, 3.8) is 0 Å². The van der Waals surface area contributed by atoms with Crippen LogP contribution in [0.1, 0.15) is 10.4 Å². The number of carbonyl (C=O) groups excluding carboxylic acids is 1. The quantitative estimate of drug-likeness (QED) is 0.510. The smallest absolute Gasteiger partial charge is 0.254 e. The van der Waals surface area contributed by atoms with Gasteiger partial charge in [-0.15, -0.1) is 0 Å². The highest BCUT2D eigenvalue weighted by Crippen LogP contribution is 2.15. The lowest BCUT2D eigenvalue weighted by atomic mass is 10.1. The molecule has 2 fully saturated rings. The number of rotatable bonds is 11. The topological polar surface area (TPSA) is 83.9 Å². The normalized spacial score (nSPS) is 21.3. The lowest BCUT2D eigenvalue weighted by molar-refractivity contribution is -0.0564. The van der Waals surface area contributed by atoms with Crippen molar-refractivity contribution in [2.45, 2.75) is 12.2 Å². The lowest BCUT2D eigenvalue weighted by Gasteiger charge is -2.37. The van der Waals surface area contributed by atoms with E-state index in [1.807, 2.05) is 0 Å². The van der Waals surface area contributed by atoms with Crippen LogP contribution in [0.5, 0.6) is 5.75 Å². The van der Waals surface area contributed by atoms with Gasteiger partial charge >= 0.3 is 0 Å². The molecule has 9 nitrogen and oxygen atoms in total. The highest BCUT2D eigenvalue weighted by atomic mass is 16.5. The van der Waals surface area contributed by atoms with Gasteiger partial charge in [-0.3, -0.25) is 14.6 Å². The number of methoxy groups -OCH3 is 2. The first-order chi connectivity index (χ1) is 15.6. The number of benzene rings is 1. The van der Waals surface area contributed by atoms with Crippen LogP contribution in [0.2, 0.25) is 0 Å². The Hall–Kier alpha value is -1.75. The van der Waals surface area contributed by atoms with Gasteiger partial charge < -0.3 is 29.0 Å². The fourth-order valence-corrected chi connectivity index (χ4v) is 4.13. The average molecular weight is 452 g/mol. The maximum absolute atomic E-state index is 13.1. The van der Waals surface area contributed by atoms with Crippen LogP contribution in [0.15, 0.2) is 24.3 Å². The van der Waals surface area contributed by atoms with Gasteiger partial charge in [0.2, 0.25) is 0 Å². The molecule has 0 aromatic heterocycles. The van der Waals surface area contributed by atoms with E-state index >= 15 is 0 Å². The molecule has 1 aromatic rings. The summed E-state index contributed by atoms with van der Waals surface area (Å²) >= 11 is 0. The first-order valence-electron chi connectivity index (χ1n) is 11.3. The van der Waals surface area contributed by atoms with Crippen LogP contribution in [0.25, 0.3) is 0 Å². The molecule has 2 atom stereocenters. The predicted molar refractivity (Wildman–Crippen MR) is 120 cm³/mol. The minimum atomic E-state index is -0.419. The molecule has 0 saturated carbocycles. The van der Waals surface area contributed by atoms with Gasteiger partial charge in [0.05, 0.1) is 45.7 Å². The van der Waals surface area contributed by atoms with E-state index in [-0.39, 0.29) is 12.0 Å². The van der Waals surface area contributed by atoms with Crippen molar-refractivity contribution in [2.24, 2.45) is 0 Å². The third-order valence-electron chi connectivity index (χ3n) is 5.88. The zero-order valence-corrected chi connectivity index (χ0v) is 19.3. The zero-order valence-electron chi connectivity index (χ0n) is 19.3. The van der Waals surface area contributed by atoms with Crippen LogP contribution >= 0.6 is 0 Å². The molecule has 0 bridgehead atoms. The average Bonchev–Trinajstić information content (AvgIpc) is 2.82. The summed E-state index contributed by atoms with van der Waals surface area (Å²) in [4.78, 5) is 19.4. The van der Waals surface area contributed by atoms with E-state index in [9.17, 15) is 9.90 Å². The second-order valence-corrected chi connectivity index (χ2v) is 8.29. The molecule has 1 amide bonds. The van der Waals surface area contributed by atoms with Crippen molar-refractivity contribution < 1.29 is 28.8 Å². The highest BCUT2D eigenvalue weighted by molar-refractivity contribution is 5.94. The highest BCUT2D eigenvalue weighted by Gasteiger charge is 2.27. The number of nitrogens with zero attached hydrogens (tertiary/aromatic N) is 3. The largest absolute Gasteiger partial charge is 0.497 e. The van der Waals surface area contributed by atoms with Gasteiger partial charge in [0.25, 0.3) is 5.91 Å². The molecule has 1 N–H and O–H groups in total. The van der Waals surface area contributed by atoms with Crippen molar-refractivity contribution in [1.82, 2.24) is 14.7 Å². The van der Waals surface area contributed by atoms with Gasteiger partial charge in [-0.1, -0.05) is 0 Å². The van der Waals surface area contributed by atoms with Crippen molar-refractivity contribution in [3.05, 3.63) is 29.8 Å². The Morgan fingerprint density at radius 3 is 2.50 bits per heavy atom. The standard InChI is InChI=1S/C23H37N3O6/c1-29-11-10-26(23(28)19-3-5-21(30-2)6-4-19)18-22-17-25(9-14-32-22)16-20(27)15-24-7-12-31-13-8-24/h3-6,20,22,27H,7-18H2,1-2H3/t20-,22-/m1/s1. The van der Waals surface area contributed by atoms with Crippen molar-refractivity contribution in [3.8, 4) is 5.75 Å². The zero-order chi connectivity index (χ0) is 22.8. The molecule has 0 radical (unpaired) electrons. The fourth-order valence-electron chi connectivity index (χ4n) is 4.13. The molecule has 9 heteroatoms. The SMILES string of the molecule is COCCN(C[C@H]1CN(C[C@H](O)CN2CCOCC2)CCO1)C(=O)c1ccc(OC)cc1. The number of hydrogen-bond donors (Lipinski definition) is 1. The third kappa shape index (κ3) is 7.68. The molecule has 1 aromatic carbocycles. The van der Waals surface area contributed by atoms with Crippen molar-refractivity contribution >= 4 is 5.91 Å². The van der Waals surface area contributed by atoms with Crippen LogP contribution in [-0.2, 0) is 14.2 Å². The Bertz CT molecular complexity index is 683. The lowest BCUT2D eigenvalue weighted by Crippen LogP contribution is -2.52. The van der Waals surface area contributed by atoms with E-state index in [1.54, 1.807) is 43.4 Å². The minimum absolute atomic E-state index is 0.0576. The molecule has 32 heavy (non-hydrogen) atoms. The summed E-state index contributed by atoms with van der Waals surface area (Å²) < 4.78 is 21.7. The van der Waals surface area contributed by atoms with E-state index in [1.165, 1.54) is 0 Å². The number of aliphatic hydroxyl groups is 1. The second-order valence-electron chi connectivity index (χ2n) is 8.29. The number of morpholine rings is 2. The van der Waals surface area contributed by atoms with E-state index in [2.05, 4.69) is 9.80 Å². The van der Waals surface area contributed by atoms with Gasteiger partial charge in [0.15, 0.2) is 0 Å². The second kappa shape index (κ2) is 13.1. The van der Waals surface area contributed by atoms with Crippen LogP contribution in [0.4, 0.5) is 0 Å². The molecule has 0 spiro atoms. The van der Waals surface area contributed by atoms with Gasteiger partial charge in [0, 0.05) is 65.0 Å². The maximum atomic E-state index is 13.1. The summed E-state index contributed by atoms with van der Waals surface area (Å²) in [6.45, 7) is 7.91. The molecular weight excluding hydrogens is 414 g/mol. The molecule has 180 valence electrons. The molecule has 2 aliphatic rings. The Labute approximate surface area is 190 Å². The third-order valence-corrected chi connectivity index (χ3v) is 5.88. The van der Waals surface area contributed by atoms with E-state index < -0.39 is 6.10 Å². The van der Waals surface area contributed by atoms with Gasteiger partial charge in [-0.2, -0.15) is 0 Å². The van der Waals surface area contributed by atoms with Crippen LogP contribution in [-0.4, -0.2) is 131 Å². The minimum Gasteiger partial charge on any atom is -0.497 e. The number of hydrogen-bond acceptors (Lipinski definition) is 8. The summed E-state index contributed by atoms with van der Waals surface area (Å²) in [7, 11) is 3.23. The Balaban J connectivity index is 1.53. The Kier molecular flexibility index (Phi) is 10.2. The molecule has 2 saturated heterocycles. The summed E-state index contributed by atoms with van der Waals surface area (Å²) in [6.07, 6.45) is -0.532. The monoisotopic (exact) mass is 451 g/mol. The predicted octanol–water partition coefficient (Wildman–Crippen LogP) is 0.178. The molecular formula is C23H37N3O6. The van der Waals surface area contributed by atoms with Gasteiger partial charge in [0.1, 0.15) is 5.75 Å². The first kappa shape index (κ1) is 24.9. The summed E-state index contributed by atoms with van der Waals surface area (Å²) in [5.41, 5.74) is 0.607. The Morgan fingerprint density at radius 1 is 1.12 bits per heavy atom. The molecule has 3 rings (SSSR count). The summed E-state index contributed by atoms with van der Waals surface area (Å²) in [5, 5.41) is 10.6. The molecule has 2 heterocycles. The number of β-amino-alcohol motifs (C(OH)–C–C–N with tert-alkyl or cyclic N) is 1. The van der Waals surface area contributed by atoms with E-state index in [0.29, 0.717) is 57.3 Å². The van der Waals surface area contributed by atoms with Crippen molar-refractivity contribution in [2.75, 3.05) is 93.0 Å². The number of aliphatic hydroxyl groups excluding tert-OH is 1. The van der Waals surface area contributed by atoms with Crippen LogP contribution in [0, 0.1) is 0 Å². The summed E-state index contributed by atoms with van der Waals surface area (Å²) in [5.74, 6) is 0.657. The molecule has 0 aliphatic carbocycles. The maximum Gasteiger partial charge on any atom is 0.254 e. The van der Waals surface area contributed by atoms with Gasteiger partial charge in [-0.05, 0) is 24.3 Å². The molecule has 2 aliphatic heterocycles. The first-order valence-corrected chi connectivity index (χ1v) is 11.3. The number of amides is 1. The Morgan fingerprint density at radius 2 is 1.81 bits per heavy atom. The number of carbonyl (C=O) groups is 1. The molecule has 0 unspecified atom stereocenters. The van der Waals surface area contributed by atoms with Gasteiger partial charge in [-0.25, -0.2) is 0 Å². The van der Waals surface area contributed by atoms with Crippen LogP contribution in [0.3, 0.4) is 0 Å². The van der Waals surface area contributed by atoms with E-state index in [0.717, 1.165) is 32.8 Å². The van der Waals surface area contributed by atoms with E-state index in [4.69, 9.17) is 18.9 Å². The summed E-state index contributed by atoms with van der Waals surface area (Å²) in [6, 6.07) is 7.13.